The van der Waals surface area contributed by atoms with Gasteiger partial charge >= 0.3 is 6.18 Å². The maximum absolute atomic E-state index is 12.5. The summed E-state index contributed by atoms with van der Waals surface area (Å²) in [7, 11) is 1.48. The van der Waals surface area contributed by atoms with Crippen LogP contribution in [0.15, 0.2) is 54.7 Å². The van der Waals surface area contributed by atoms with E-state index in [1.54, 1.807) is 42.5 Å². The van der Waals surface area contributed by atoms with Crippen molar-refractivity contribution >= 4 is 17.3 Å². The molecule has 1 aromatic heterocycles. The lowest BCUT2D eigenvalue weighted by Gasteiger charge is -2.12. The van der Waals surface area contributed by atoms with Crippen molar-refractivity contribution in [2.45, 2.75) is 6.18 Å². The van der Waals surface area contributed by atoms with Gasteiger partial charge in [-0.1, -0.05) is 6.07 Å². The molecule has 2 aromatic rings. The van der Waals surface area contributed by atoms with Crippen LogP contribution in [0.25, 0.3) is 5.70 Å². The average Bonchev–Trinajstić information content (AvgIpc) is 2.54. The van der Waals surface area contributed by atoms with Gasteiger partial charge in [-0.2, -0.15) is 13.2 Å². The predicted octanol–water partition coefficient (Wildman–Crippen LogP) is 3.67. The lowest BCUT2D eigenvalue weighted by atomic mass is 10.1. The van der Waals surface area contributed by atoms with Gasteiger partial charge in [0.2, 0.25) is 0 Å². The van der Waals surface area contributed by atoms with Crippen molar-refractivity contribution in [3.8, 4) is 5.75 Å². The van der Waals surface area contributed by atoms with Crippen LogP contribution in [0.2, 0.25) is 0 Å². The summed E-state index contributed by atoms with van der Waals surface area (Å²) in [5.74, 6) is -1.08. The van der Waals surface area contributed by atoms with Crippen molar-refractivity contribution in [1.82, 2.24) is 4.98 Å². The standard InChI is InChI=1S/C16H13F3N2O2/c1-23-12-7-5-11(6-8-12)13(10-14(22)16(17,18)19)21-15-4-2-3-9-20-15/h2-10H,1H3,(H,20,21)/b13-10-. The number of hydrogen-bond donors (Lipinski definition) is 1. The second kappa shape index (κ2) is 6.95. The molecule has 0 radical (unpaired) electrons. The van der Waals surface area contributed by atoms with Crippen LogP contribution in [-0.4, -0.2) is 24.1 Å². The Bertz CT molecular complexity index is 696. The van der Waals surface area contributed by atoms with Crippen molar-refractivity contribution in [1.29, 1.82) is 0 Å². The van der Waals surface area contributed by atoms with Crippen LogP contribution in [0.3, 0.4) is 0 Å². The van der Waals surface area contributed by atoms with Crippen molar-refractivity contribution in [2.24, 2.45) is 0 Å². The molecule has 120 valence electrons. The minimum Gasteiger partial charge on any atom is -0.497 e. The molecule has 0 saturated heterocycles. The zero-order valence-corrected chi connectivity index (χ0v) is 12.1. The highest BCUT2D eigenvalue weighted by atomic mass is 19.4. The molecule has 0 aliphatic heterocycles. The molecular weight excluding hydrogens is 309 g/mol. The molecule has 4 nitrogen and oxygen atoms in total. The minimum absolute atomic E-state index is 0.00585. The van der Waals surface area contributed by atoms with E-state index in [0.29, 0.717) is 23.2 Å². The Hall–Kier alpha value is -2.83. The molecule has 0 aliphatic carbocycles. The average molecular weight is 322 g/mol. The summed E-state index contributed by atoms with van der Waals surface area (Å²) in [6, 6.07) is 11.2. The van der Waals surface area contributed by atoms with Gasteiger partial charge in [-0.3, -0.25) is 4.79 Å². The predicted molar refractivity (Wildman–Crippen MR) is 79.9 cm³/mol. The number of alkyl halides is 3. The van der Waals surface area contributed by atoms with Gasteiger partial charge in [-0.15, -0.1) is 0 Å². The van der Waals surface area contributed by atoms with E-state index < -0.39 is 12.0 Å². The van der Waals surface area contributed by atoms with Crippen molar-refractivity contribution in [2.75, 3.05) is 12.4 Å². The normalized spacial score (nSPS) is 11.9. The second-order valence-corrected chi connectivity index (χ2v) is 4.49. The summed E-state index contributed by atoms with van der Waals surface area (Å²) in [5.41, 5.74) is 0.391. The summed E-state index contributed by atoms with van der Waals surface area (Å²) in [6.07, 6.45) is -2.94. The van der Waals surface area contributed by atoms with E-state index in [-0.39, 0.29) is 5.70 Å². The Kier molecular flexibility index (Phi) is 5.00. The molecule has 1 aromatic carbocycles. The number of pyridine rings is 1. The SMILES string of the molecule is COc1ccc(/C(=C/C(=O)C(F)(F)F)Nc2ccccn2)cc1. The first-order chi connectivity index (χ1) is 10.9. The lowest BCUT2D eigenvalue weighted by Crippen LogP contribution is -2.21. The molecule has 23 heavy (non-hydrogen) atoms. The number of carbonyl (C=O) groups excluding carboxylic acids is 1. The van der Waals surface area contributed by atoms with Crippen LogP contribution >= 0.6 is 0 Å². The third-order valence-corrected chi connectivity index (χ3v) is 2.88. The van der Waals surface area contributed by atoms with Crippen molar-refractivity contribution in [3.63, 3.8) is 0 Å². The number of allylic oxidation sites excluding steroid dienone is 1. The molecule has 0 saturated carbocycles. The van der Waals surface area contributed by atoms with Crippen LogP contribution in [0, 0.1) is 0 Å². The molecule has 0 amide bonds. The number of ether oxygens (including phenoxy) is 1. The summed E-state index contributed by atoms with van der Waals surface area (Å²) in [5, 5.41) is 2.72. The number of carbonyl (C=O) groups is 1. The molecule has 0 spiro atoms. The fraction of sp³-hybridized carbons (Fsp3) is 0.125. The minimum atomic E-state index is -4.94. The quantitative estimate of drug-likeness (QED) is 0.853. The zero-order chi connectivity index (χ0) is 16.9. The number of aromatic nitrogens is 1. The molecule has 0 atom stereocenters. The molecule has 0 fully saturated rings. The second-order valence-electron chi connectivity index (χ2n) is 4.49. The van der Waals surface area contributed by atoms with Gasteiger partial charge in [-0.05, 0) is 42.0 Å². The number of benzene rings is 1. The molecule has 1 heterocycles. The fourth-order valence-electron chi connectivity index (χ4n) is 1.75. The summed E-state index contributed by atoms with van der Waals surface area (Å²) in [4.78, 5) is 15.3. The smallest absolute Gasteiger partial charge is 0.454 e. The topological polar surface area (TPSA) is 51.2 Å². The van der Waals surface area contributed by atoms with Gasteiger partial charge in [0, 0.05) is 12.3 Å². The molecule has 1 N–H and O–H groups in total. The third kappa shape index (κ3) is 4.57. The zero-order valence-electron chi connectivity index (χ0n) is 12.1. The lowest BCUT2D eigenvalue weighted by molar-refractivity contribution is -0.165. The highest BCUT2D eigenvalue weighted by molar-refractivity contribution is 6.01. The number of halogens is 3. The largest absolute Gasteiger partial charge is 0.497 e. The number of ketones is 1. The first kappa shape index (κ1) is 16.5. The third-order valence-electron chi connectivity index (χ3n) is 2.88. The molecule has 0 unspecified atom stereocenters. The maximum Gasteiger partial charge on any atom is 0.454 e. The van der Waals surface area contributed by atoms with Gasteiger partial charge in [0.05, 0.1) is 12.8 Å². The molecular formula is C16H13F3N2O2. The van der Waals surface area contributed by atoms with Crippen LogP contribution in [-0.2, 0) is 4.79 Å². The Labute approximate surface area is 130 Å². The van der Waals surface area contributed by atoms with E-state index in [2.05, 4.69) is 10.3 Å². The monoisotopic (exact) mass is 322 g/mol. The highest BCUT2D eigenvalue weighted by Gasteiger charge is 2.36. The maximum atomic E-state index is 12.5. The van der Waals surface area contributed by atoms with Gasteiger partial charge in [0.25, 0.3) is 5.78 Å². The van der Waals surface area contributed by atoms with Gasteiger partial charge < -0.3 is 10.1 Å². The number of hydrogen-bond acceptors (Lipinski definition) is 4. The van der Waals surface area contributed by atoms with E-state index in [1.165, 1.54) is 13.3 Å². The molecule has 7 heteroatoms. The Morgan fingerprint density at radius 2 is 1.87 bits per heavy atom. The van der Waals surface area contributed by atoms with E-state index >= 15 is 0 Å². The van der Waals surface area contributed by atoms with Crippen LogP contribution < -0.4 is 10.1 Å². The fourth-order valence-corrected chi connectivity index (χ4v) is 1.75. The Balaban J connectivity index is 2.37. The summed E-state index contributed by atoms with van der Waals surface area (Å²) < 4.78 is 42.6. The van der Waals surface area contributed by atoms with Gasteiger partial charge in [0.15, 0.2) is 0 Å². The number of rotatable bonds is 5. The van der Waals surface area contributed by atoms with E-state index in [1.807, 2.05) is 0 Å². The molecule has 0 aliphatic rings. The molecule has 0 bridgehead atoms. The van der Waals surface area contributed by atoms with E-state index in [4.69, 9.17) is 4.74 Å². The Morgan fingerprint density at radius 1 is 1.17 bits per heavy atom. The number of nitrogens with zero attached hydrogens (tertiary/aromatic N) is 1. The van der Waals surface area contributed by atoms with Crippen molar-refractivity contribution in [3.05, 3.63) is 60.3 Å². The van der Waals surface area contributed by atoms with Crippen molar-refractivity contribution < 1.29 is 22.7 Å². The number of anilines is 1. The summed E-state index contributed by atoms with van der Waals surface area (Å²) >= 11 is 0. The van der Waals surface area contributed by atoms with Crippen LogP contribution in [0.4, 0.5) is 19.0 Å². The number of methoxy groups -OCH3 is 1. The number of nitrogens with one attached hydrogen (secondary N) is 1. The first-order valence-electron chi connectivity index (χ1n) is 6.55. The van der Waals surface area contributed by atoms with Crippen LogP contribution in [0.5, 0.6) is 5.75 Å². The molecule has 2 rings (SSSR count). The summed E-state index contributed by atoms with van der Waals surface area (Å²) in [6.45, 7) is 0. The van der Waals surface area contributed by atoms with E-state index in [9.17, 15) is 18.0 Å². The van der Waals surface area contributed by atoms with Crippen LogP contribution in [0.1, 0.15) is 5.56 Å². The van der Waals surface area contributed by atoms with Gasteiger partial charge in [0.1, 0.15) is 11.6 Å². The first-order valence-corrected chi connectivity index (χ1v) is 6.55. The highest BCUT2D eigenvalue weighted by Crippen LogP contribution is 2.23. The Morgan fingerprint density at radius 3 is 2.39 bits per heavy atom. The van der Waals surface area contributed by atoms with E-state index in [0.717, 1.165) is 0 Å². The van der Waals surface area contributed by atoms with Gasteiger partial charge in [-0.25, -0.2) is 4.98 Å².